The first-order valence-electron chi connectivity index (χ1n) is 13.5. The van der Waals surface area contributed by atoms with Crippen molar-refractivity contribution >= 4 is 11.9 Å². The summed E-state index contributed by atoms with van der Waals surface area (Å²) in [5, 5.41) is 8.57. The Bertz CT molecular complexity index is 1630. The molecule has 1 aliphatic rings. The SMILES string of the molecule is COC(=O)c1cc(-c2ccc(C3CCN(C(=O)C(F)(F)F)CC3)cc2)cc(-n2cc(-c3ccc(OC)c(OC)c3)nn2)c1. The molecule has 1 saturated heterocycles. The number of esters is 1. The lowest BCUT2D eigenvalue weighted by molar-refractivity contribution is -0.186. The average Bonchev–Trinajstić information content (AvgIpc) is 3.54. The lowest BCUT2D eigenvalue weighted by atomic mass is 9.88. The first kappa shape index (κ1) is 29.6. The highest BCUT2D eigenvalue weighted by atomic mass is 19.4. The summed E-state index contributed by atoms with van der Waals surface area (Å²) < 4.78 is 55.6. The van der Waals surface area contributed by atoms with Crippen LogP contribution in [-0.4, -0.2) is 72.4 Å². The Morgan fingerprint density at radius 3 is 2.14 bits per heavy atom. The molecule has 43 heavy (non-hydrogen) atoms. The van der Waals surface area contributed by atoms with Crippen LogP contribution in [-0.2, 0) is 9.53 Å². The van der Waals surface area contributed by atoms with Gasteiger partial charge in [0.15, 0.2) is 11.5 Å². The van der Waals surface area contributed by atoms with Crippen molar-refractivity contribution in [1.82, 2.24) is 19.9 Å². The highest BCUT2D eigenvalue weighted by molar-refractivity contribution is 5.92. The Labute approximate surface area is 245 Å². The second kappa shape index (κ2) is 12.2. The van der Waals surface area contributed by atoms with E-state index >= 15 is 0 Å². The van der Waals surface area contributed by atoms with Crippen LogP contribution in [0.2, 0.25) is 0 Å². The molecular weight excluding hydrogens is 565 g/mol. The Kier molecular flexibility index (Phi) is 8.38. The molecule has 9 nitrogen and oxygen atoms in total. The number of carbonyl (C=O) groups is 2. The van der Waals surface area contributed by atoms with Gasteiger partial charge >= 0.3 is 18.1 Å². The standard InChI is InChI=1S/C31H29F3N4O5/c1-41-27-9-8-22(17-28(27)42-2)26-18-38(36-35-26)25-15-23(14-24(16-25)29(39)43-3)20-6-4-19(5-7-20)21-10-12-37(13-11-21)30(40)31(32,33)34/h4-9,14-18,21H,10-13H2,1-3H3. The second-order valence-electron chi connectivity index (χ2n) is 10.1. The molecule has 0 atom stereocenters. The molecule has 5 rings (SSSR count). The van der Waals surface area contributed by atoms with Crippen LogP contribution in [0.3, 0.4) is 0 Å². The molecule has 224 valence electrons. The maximum atomic E-state index is 12.8. The van der Waals surface area contributed by atoms with Gasteiger partial charge in [0, 0.05) is 18.7 Å². The summed E-state index contributed by atoms with van der Waals surface area (Å²) in [7, 11) is 4.41. The van der Waals surface area contributed by atoms with E-state index in [4.69, 9.17) is 14.2 Å². The maximum Gasteiger partial charge on any atom is 0.471 e. The number of methoxy groups -OCH3 is 3. The fraction of sp³-hybridized carbons (Fsp3) is 0.290. The predicted molar refractivity (Wildman–Crippen MR) is 151 cm³/mol. The van der Waals surface area contributed by atoms with Gasteiger partial charge in [-0.3, -0.25) is 4.79 Å². The van der Waals surface area contributed by atoms with Crippen LogP contribution in [0.15, 0.2) is 66.9 Å². The van der Waals surface area contributed by atoms with E-state index in [1.165, 1.54) is 7.11 Å². The fourth-order valence-electron chi connectivity index (χ4n) is 5.21. The number of likely N-dealkylation sites (tertiary alicyclic amines) is 1. The first-order valence-corrected chi connectivity index (χ1v) is 13.5. The number of hydrogen-bond acceptors (Lipinski definition) is 7. The third-order valence-corrected chi connectivity index (χ3v) is 7.52. The van der Waals surface area contributed by atoms with Gasteiger partial charge in [-0.25, -0.2) is 9.48 Å². The molecule has 0 saturated carbocycles. The van der Waals surface area contributed by atoms with Crippen molar-refractivity contribution in [1.29, 1.82) is 0 Å². The van der Waals surface area contributed by atoms with Crippen molar-refractivity contribution in [2.75, 3.05) is 34.4 Å². The quantitative estimate of drug-likeness (QED) is 0.254. The van der Waals surface area contributed by atoms with Crippen molar-refractivity contribution in [3.05, 3.63) is 78.0 Å². The summed E-state index contributed by atoms with van der Waals surface area (Å²) in [6, 6.07) is 18.3. The highest BCUT2D eigenvalue weighted by Gasteiger charge is 2.43. The van der Waals surface area contributed by atoms with Crippen molar-refractivity contribution in [3.63, 3.8) is 0 Å². The lowest BCUT2D eigenvalue weighted by Crippen LogP contribution is -2.45. The molecule has 1 amide bonds. The molecule has 0 unspecified atom stereocenters. The molecule has 0 N–H and O–H groups in total. The van der Waals surface area contributed by atoms with Crippen LogP contribution in [0.4, 0.5) is 13.2 Å². The van der Waals surface area contributed by atoms with E-state index in [0.717, 1.165) is 27.2 Å². The summed E-state index contributed by atoms with van der Waals surface area (Å²) in [6.07, 6.45) is -2.24. The molecule has 0 bridgehead atoms. The number of piperidine rings is 1. The van der Waals surface area contributed by atoms with E-state index < -0.39 is 18.1 Å². The normalized spacial score (nSPS) is 14.0. The van der Waals surface area contributed by atoms with Crippen LogP contribution in [0, 0.1) is 0 Å². The molecule has 1 fully saturated rings. The molecule has 12 heteroatoms. The van der Waals surface area contributed by atoms with E-state index in [-0.39, 0.29) is 19.0 Å². The minimum atomic E-state index is -4.86. The van der Waals surface area contributed by atoms with Gasteiger partial charge in [-0.1, -0.05) is 29.5 Å². The molecule has 2 heterocycles. The van der Waals surface area contributed by atoms with Gasteiger partial charge in [0.2, 0.25) is 0 Å². The number of aromatic nitrogens is 3. The van der Waals surface area contributed by atoms with Crippen molar-refractivity contribution in [2.24, 2.45) is 0 Å². The molecule has 0 aliphatic carbocycles. The van der Waals surface area contributed by atoms with Gasteiger partial charge in [-0.2, -0.15) is 13.2 Å². The minimum Gasteiger partial charge on any atom is -0.493 e. The largest absolute Gasteiger partial charge is 0.493 e. The Morgan fingerprint density at radius 2 is 1.51 bits per heavy atom. The zero-order chi connectivity index (χ0) is 30.7. The van der Waals surface area contributed by atoms with Gasteiger partial charge in [0.25, 0.3) is 0 Å². The van der Waals surface area contributed by atoms with Gasteiger partial charge in [0.05, 0.1) is 38.8 Å². The van der Waals surface area contributed by atoms with Gasteiger partial charge in [-0.05, 0) is 71.8 Å². The average molecular weight is 595 g/mol. The molecule has 1 aromatic heterocycles. The number of hydrogen-bond donors (Lipinski definition) is 0. The van der Waals surface area contributed by atoms with E-state index in [1.54, 1.807) is 49.4 Å². The first-order chi connectivity index (χ1) is 20.6. The van der Waals surface area contributed by atoms with Crippen LogP contribution >= 0.6 is 0 Å². The number of halogens is 3. The van der Waals surface area contributed by atoms with Crippen LogP contribution in [0.5, 0.6) is 11.5 Å². The number of carbonyl (C=O) groups excluding carboxylic acids is 2. The Morgan fingerprint density at radius 1 is 0.837 bits per heavy atom. The molecule has 1 aliphatic heterocycles. The predicted octanol–water partition coefficient (Wildman–Crippen LogP) is 5.67. The van der Waals surface area contributed by atoms with Crippen molar-refractivity contribution in [3.8, 4) is 39.6 Å². The zero-order valence-corrected chi connectivity index (χ0v) is 23.7. The highest BCUT2D eigenvalue weighted by Crippen LogP contribution is 2.34. The van der Waals surface area contributed by atoms with E-state index in [9.17, 15) is 22.8 Å². The summed E-state index contributed by atoms with van der Waals surface area (Å²) in [6.45, 7) is 0.108. The maximum absolute atomic E-state index is 12.8. The number of ether oxygens (including phenoxy) is 3. The summed E-state index contributed by atoms with van der Waals surface area (Å²) >= 11 is 0. The third-order valence-electron chi connectivity index (χ3n) is 7.52. The molecule has 3 aromatic carbocycles. The number of nitrogens with zero attached hydrogens (tertiary/aromatic N) is 4. The molecular formula is C31H29F3N4O5. The lowest BCUT2D eigenvalue weighted by Gasteiger charge is -2.32. The molecule has 0 radical (unpaired) electrons. The Hall–Kier alpha value is -4.87. The zero-order valence-electron chi connectivity index (χ0n) is 23.7. The van der Waals surface area contributed by atoms with Gasteiger partial charge in [0.1, 0.15) is 5.69 Å². The topological polar surface area (TPSA) is 95.8 Å². The van der Waals surface area contributed by atoms with E-state index in [0.29, 0.717) is 41.3 Å². The summed E-state index contributed by atoms with van der Waals surface area (Å²) in [5.74, 6) is -1.13. The van der Waals surface area contributed by atoms with Crippen molar-refractivity contribution < 1.29 is 37.0 Å². The van der Waals surface area contributed by atoms with Gasteiger partial charge in [-0.15, -0.1) is 5.10 Å². The van der Waals surface area contributed by atoms with Gasteiger partial charge < -0.3 is 19.1 Å². The van der Waals surface area contributed by atoms with Crippen molar-refractivity contribution in [2.45, 2.75) is 24.9 Å². The monoisotopic (exact) mass is 594 g/mol. The number of rotatable bonds is 7. The van der Waals surface area contributed by atoms with Crippen LogP contribution in [0.25, 0.3) is 28.1 Å². The number of benzene rings is 3. The minimum absolute atomic E-state index is 0.0356. The van der Waals surface area contributed by atoms with E-state index in [2.05, 4.69) is 10.3 Å². The Balaban J connectivity index is 1.39. The number of amides is 1. The summed E-state index contributed by atoms with van der Waals surface area (Å²) in [4.78, 5) is 25.0. The smallest absolute Gasteiger partial charge is 0.471 e. The molecule has 4 aromatic rings. The number of alkyl halides is 3. The third kappa shape index (κ3) is 6.32. The molecule has 0 spiro atoms. The fourth-order valence-corrected chi connectivity index (χ4v) is 5.21. The van der Waals surface area contributed by atoms with Crippen LogP contribution < -0.4 is 9.47 Å². The van der Waals surface area contributed by atoms with Crippen LogP contribution in [0.1, 0.15) is 34.7 Å². The second-order valence-corrected chi connectivity index (χ2v) is 10.1. The van der Waals surface area contributed by atoms with E-state index in [1.807, 2.05) is 36.4 Å². The summed E-state index contributed by atoms with van der Waals surface area (Å²) in [5.41, 5.74) is 4.78.